The fourth-order valence-corrected chi connectivity index (χ4v) is 1.60. The van der Waals surface area contributed by atoms with Crippen LogP contribution in [0.5, 0.6) is 5.75 Å². The lowest BCUT2D eigenvalue weighted by Gasteiger charge is -2.12. The van der Waals surface area contributed by atoms with E-state index in [4.69, 9.17) is 4.74 Å². The quantitative estimate of drug-likeness (QED) is 0.833. The normalized spacial score (nSPS) is 12.4. The zero-order valence-electron chi connectivity index (χ0n) is 9.16. The number of hydrogen-bond acceptors (Lipinski definition) is 4. The molecule has 5 heteroatoms. The van der Waals surface area contributed by atoms with Crippen molar-refractivity contribution < 1.29 is 9.84 Å². The van der Waals surface area contributed by atoms with Gasteiger partial charge in [-0.05, 0) is 17.7 Å². The molecule has 2 aromatic rings. The summed E-state index contributed by atoms with van der Waals surface area (Å²) in [5.41, 5.74) is 1.39. The Balaban J connectivity index is 2.41. The van der Waals surface area contributed by atoms with Gasteiger partial charge >= 0.3 is 0 Å². The first-order valence-electron chi connectivity index (χ1n) is 4.88. The summed E-state index contributed by atoms with van der Waals surface area (Å²) in [5.74, 6) is 0.576. The molecule has 0 radical (unpaired) electrons. The van der Waals surface area contributed by atoms with Crippen LogP contribution in [-0.2, 0) is 7.05 Å². The molecule has 2 heterocycles. The smallest absolute Gasteiger partial charge is 0.162 e. The predicted molar refractivity (Wildman–Crippen MR) is 58.1 cm³/mol. The summed E-state index contributed by atoms with van der Waals surface area (Å²) in [7, 11) is 3.32. The Morgan fingerprint density at radius 2 is 2.06 bits per heavy atom. The first-order valence-corrected chi connectivity index (χ1v) is 4.88. The Labute approximate surface area is 93.3 Å². The molecule has 1 atom stereocenters. The van der Waals surface area contributed by atoms with Gasteiger partial charge in [0.15, 0.2) is 5.75 Å². The van der Waals surface area contributed by atoms with Crippen LogP contribution >= 0.6 is 0 Å². The summed E-state index contributed by atoms with van der Waals surface area (Å²) >= 11 is 0. The zero-order chi connectivity index (χ0) is 11.5. The van der Waals surface area contributed by atoms with Crippen LogP contribution in [0.15, 0.2) is 30.7 Å². The number of nitrogens with zero attached hydrogens (tertiary/aromatic N) is 3. The number of aliphatic hydroxyl groups excluding tert-OH is 1. The monoisotopic (exact) mass is 219 g/mol. The molecule has 2 rings (SSSR count). The number of aromatic nitrogens is 3. The maximum Gasteiger partial charge on any atom is 0.162 e. The van der Waals surface area contributed by atoms with E-state index in [1.807, 2.05) is 0 Å². The van der Waals surface area contributed by atoms with Crippen LogP contribution in [-0.4, -0.2) is 27.0 Å². The lowest BCUT2D eigenvalue weighted by atomic mass is 10.1. The maximum atomic E-state index is 10.2. The minimum Gasteiger partial charge on any atom is -0.493 e. The van der Waals surface area contributed by atoms with Crippen molar-refractivity contribution in [2.75, 3.05) is 7.11 Å². The van der Waals surface area contributed by atoms with Gasteiger partial charge in [-0.1, -0.05) is 0 Å². The molecule has 84 valence electrons. The third-order valence-corrected chi connectivity index (χ3v) is 2.45. The van der Waals surface area contributed by atoms with Crippen LogP contribution in [0.1, 0.15) is 17.4 Å². The van der Waals surface area contributed by atoms with E-state index in [-0.39, 0.29) is 0 Å². The number of pyridine rings is 1. The number of methoxy groups -OCH3 is 1. The topological polar surface area (TPSA) is 60.2 Å². The van der Waals surface area contributed by atoms with Crippen LogP contribution in [0.2, 0.25) is 0 Å². The molecule has 0 spiro atoms. The Morgan fingerprint density at radius 3 is 2.69 bits per heavy atom. The number of hydrogen-bond donors (Lipinski definition) is 1. The summed E-state index contributed by atoms with van der Waals surface area (Å²) < 4.78 is 6.75. The molecule has 0 amide bonds. The minimum atomic E-state index is -0.759. The third-order valence-electron chi connectivity index (χ3n) is 2.45. The molecule has 1 unspecified atom stereocenters. The van der Waals surface area contributed by atoms with Crippen molar-refractivity contribution in [3.63, 3.8) is 0 Å². The van der Waals surface area contributed by atoms with Gasteiger partial charge in [-0.3, -0.25) is 9.67 Å². The van der Waals surface area contributed by atoms with Crippen molar-refractivity contribution in [1.82, 2.24) is 14.8 Å². The summed E-state index contributed by atoms with van der Waals surface area (Å²) in [6, 6.07) is 3.52. The van der Waals surface area contributed by atoms with E-state index in [9.17, 15) is 5.11 Å². The fraction of sp³-hybridized carbons (Fsp3) is 0.273. The Morgan fingerprint density at radius 1 is 1.38 bits per heavy atom. The zero-order valence-corrected chi connectivity index (χ0v) is 9.16. The maximum absolute atomic E-state index is 10.2. The van der Waals surface area contributed by atoms with Crippen molar-refractivity contribution in [3.05, 3.63) is 42.0 Å². The molecule has 0 aromatic carbocycles. The van der Waals surface area contributed by atoms with Crippen LogP contribution in [0, 0.1) is 0 Å². The second-order valence-electron chi connectivity index (χ2n) is 3.40. The molecule has 2 aromatic heterocycles. The number of aryl methyl sites for hydroxylation is 1. The van der Waals surface area contributed by atoms with Crippen molar-refractivity contribution in [2.45, 2.75) is 6.10 Å². The molecular formula is C11H13N3O2. The van der Waals surface area contributed by atoms with Gasteiger partial charge in [-0.15, -0.1) is 0 Å². The first-order chi connectivity index (χ1) is 7.74. The second-order valence-corrected chi connectivity index (χ2v) is 3.40. The molecule has 0 saturated carbocycles. The SMILES string of the molecule is COc1cnn(C)c1C(O)c1ccncc1. The molecule has 16 heavy (non-hydrogen) atoms. The molecular weight excluding hydrogens is 206 g/mol. The van der Waals surface area contributed by atoms with Crippen molar-refractivity contribution in [2.24, 2.45) is 7.05 Å². The highest BCUT2D eigenvalue weighted by Crippen LogP contribution is 2.28. The Bertz CT molecular complexity index is 467. The Kier molecular flexibility index (Phi) is 2.87. The van der Waals surface area contributed by atoms with Crippen LogP contribution in [0.25, 0.3) is 0 Å². The molecule has 0 aliphatic rings. The van der Waals surface area contributed by atoms with E-state index in [1.54, 1.807) is 49.6 Å². The van der Waals surface area contributed by atoms with Crippen molar-refractivity contribution in [1.29, 1.82) is 0 Å². The second kappa shape index (κ2) is 4.32. The first kappa shape index (κ1) is 10.6. The van der Waals surface area contributed by atoms with Crippen LogP contribution in [0.3, 0.4) is 0 Å². The highest BCUT2D eigenvalue weighted by atomic mass is 16.5. The molecule has 0 aliphatic carbocycles. The van der Waals surface area contributed by atoms with Crippen LogP contribution in [0.4, 0.5) is 0 Å². The van der Waals surface area contributed by atoms with Gasteiger partial charge in [0, 0.05) is 19.4 Å². The van der Waals surface area contributed by atoms with E-state index in [2.05, 4.69) is 10.1 Å². The molecule has 0 aliphatic heterocycles. The molecule has 0 fully saturated rings. The number of ether oxygens (including phenoxy) is 1. The Hall–Kier alpha value is -1.88. The highest BCUT2D eigenvalue weighted by molar-refractivity contribution is 5.33. The molecule has 0 saturated heterocycles. The van der Waals surface area contributed by atoms with E-state index in [0.29, 0.717) is 11.4 Å². The number of rotatable bonds is 3. The van der Waals surface area contributed by atoms with E-state index in [1.165, 1.54) is 0 Å². The van der Waals surface area contributed by atoms with Gasteiger partial charge in [-0.2, -0.15) is 5.10 Å². The molecule has 1 N–H and O–H groups in total. The van der Waals surface area contributed by atoms with Crippen molar-refractivity contribution >= 4 is 0 Å². The standard InChI is InChI=1S/C11H13N3O2/c1-14-10(9(16-2)7-13-14)11(15)8-3-5-12-6-4-8/h3-7,11,15H,1-2H3. The van der Waals surface area contributed by atoms with E-state index < -0.39 is 6.10 Å². The van der Waals surface area contributed by atoms with Gasteiger partial charge in [0.25, 0.3) is 0 Å². The molecule has 5 nitrogen and oxygen atoms in total. The van der Waals surface area contributed by atoms with Gasteiger partial charge in [-0.25, -0.2) is 0 Å². The van der Waals surface area contributed by atoms with E-state index in [0.717, 1.165) is 5.56 Å². The lowest BCUT2D eigenvalue weighted by molar-refractivity contribution is 0.204. The largest absolute Gasteiger partial charge is 0.493 e. The predicted octanol–water partition coefficient (Wildman–Crippen LogP) is 0.905. The average Bonchev–Trinajstić information content (AvgIpc) is 2.70. The summed E-state index contributed by atoms with van der Waals surface area (Å²) in [6.45, 7) is 0. The van der Waals surface area contributed by atoms with Gasteiger partial charge < -0.3 is 9.84 Å². The summed E-state index contributed by atoms with van der Waals surface area (Å²) in [4.78, 5) is 3.91. The third kappa shape index (κ3) is 1.77. The van der Waals surface area contributed by atoms with Gasteiger partial charge in [0.05, 0.1) is 13.3 Å². The molecule has 0 bridgehead atoms. The van der Waals surface area contributed by atoms with E-state index >= 15 is 0 Å². The highest BCUT2D eigenvalue weighted by Gasteiger charge is 2.19. The van der Waals surface area contributed by atoms with Gasteiger partial charge in [0.2, 0.25) is 0 Å². The average molecular weight is 219 g/mol. The summed E-state index contributed by atoms with van der Waals surface area (Å²) in [5, 5.41) is 14.3. The fourth-order valence-electron chi connectivity index (χ4n) is 1.60. The lowest BCUT2D eigenvalue weighted by Crippen LogP contribution is -2.08. The van der Waals surface area contributed by atoms with Gasteiger partial charge in [0.1, 0.15) is 11.8 Å². The van der Waals surface area contributed by atoms with Crippen molar-refractivity contribution in [3.8, 4) is 5.75 Å². The number of aliphatic hydroxyl groups is 1. The minimum absolute atomic E-state index is 0.576. The summed E-state index contributed by atoms with van der Waals surface area (Å²) in [6.07, 6.45) is 4.10. The van der Waals surface area contributed by atoms with Crippen LogP contribution < -0.4 is 4.74 Å².